The topological polar surface area (TPSA) is 75.3 Å². The zero-order chi connectivity index (χ0) is 18.5. The summed E-state index contributed by atoms with van der Waals surface area (Å²) < 4.78 is 26.6. The van der Waals surface area contributed by atoms with Crippen LogP contribution in [-0.2, 0) is 6.42 Å². The van der Waals surface area contributed by atoms with Gasteiger partial charge in [0, 0.05) is 23.7 Å². The summed E-state index contributed by atoms with van der Waals surface area (Å²) >= 11 is 0. The van der Waals surface area contributed by atoms with Gasteiger partial charge in [-0.2, -0.15) is 0 Å². The number of hydrogen-bond donors (Lipinski definition) is 1. The minimum absolute atomic E-state index is 0.178. The maximum absolute atomic E-state index is 12.3. The molecule has 138 valence electrons. The van der Waals surface area contributed by atoms with Crippen molar-refractivity contribution < 1.29 is 28.5 Å². The molecule has 7 heteroatoms. The van der Waals surface area contributed by atoms with Crippen molar-refractivity contribution in [2.75, 3.05) is 34.7 Å². The Labute approximate surface area is 151 Å². The normalized spacial score (nSPS) is 11.8. The van der Waals surface area contributed by atoms with Gasteiger partial charge in [-0.15, -0.1) is 0 Å². The van der Waals surface area contributed by atoms with E-state index in [4.69, 9.17) is 23.7 Å². The molecule has 1 aliphatic rings. The lowest BCUT2D eigenvalue weighted by atomic mass is 10.1. The number of carbonyl (C=O) groups excluding carboxylic acids is 1. The monoisotopic (exact) mass is 359 g/mol. The molecule has 7 nitrogen and oxygen atoms in total. The first-order valence-corrected chi connectivity index (χ1v) is 8.13. The molecule has 1 heterocycles. The summed E-state index contributed by atoms with van der Waals surface area (Å²) in [4.78, 5) is 12.3. The lowest BCUT2D eigenvalue weighted by Crippen LogP contribution is -2.25. The molecule has 0 aliphatic carbocycles. The maximum atomic E-state index is 12.3. The maximum Gasteiger partial charge on any atom is 0.251 e. The molecule has 1 amide bonds. The number of hydrogen-bond acceptors (Lipinski definition) is 6. The van der Waals surface area contributed by atoms with E-state index in [0.717, 1.165) is 5.56 Å². The average molecular weight is 359 g/mol. The Kier molecular flexibility index (Phi) is 5.36. The third-order valence-electron chi connectivity index (χ3n) is 4.08. The van der Waals surface area contributed by atoms with Gasteiger partial charge in [-0.3, -0.25) is 4.79 Å². The van der Waals surface area contributed by atoms with E-state index < -0.39 is 0 Å². The van der Waals surface area contributed by atoms with Crippen molar-refractivity contribution in [2.24, 2.45) is 0 Å². The summed E-state index contributed by atoms with van der Waals surface area (Å²) in [6, 6.07) is 8.74. The van der Waals surface area contributed by atoms with Crippen LogP contribution in [0.4, 0.5) is 0 Å². The van der Waals surface area contributed by atoms with Crippen molar-refractivity contribution in [3.8, 4) is 28.7 Å². The second-order valence-electron chi connectivity index (χ2n) is 5.60. The van der Waals surface area contributed by atoms with Crippen LogP contribution in [0.15, 0.2) is 30.3 Å². The van der Waals surface area contributed by atoms with Gasteiger partial charge in [-0.25, -0.2) is 0 Å². The van der Waals surface area contributed by atoms with Crippen molar-refractivity contribution in [1.82, 2.24) is 5.32 Å². The zero-order valence-electron chi connectivity index (χ0n) is 15.0. The SMILES string of the molecule is COc1cc(CCNC(=O)c2ccc3c(c2)OCO3)c(OC)c(OC)c1. The van der Waals surface area contributed by atoms with Crippen LogP contribution >= 0.6 is 0 Å². The molecule has 1 aliphatic heterocycles. The van der Waals surface area contributed by atoms with E-state index in [-0.39, 0.29) is 12.7 Å². The Morgan fingerprint density at radius 2 is 1.85 bits per heavy atom. The summed E-state index contributed by atoms with van der Waals surface area (Å²) in [6.07, 6.45) is 0.563. The Morgan fingerprint density at radius 3 is 2.58 bits per heavy atom. The minimum atomic E-state index is -0.183. The summed E-state index contributed by atoms with van der Waals surface area (Å²) in [5.41, 5.74) is 1.40. The van der Waals surface area contributed by atoms with Gasteiger partial charge in [0.2, 0.25) is 6.79 Å². The van der Waals surface area contributed by atoms with Crippen LogP contribution in [0, 0.1) is 0 Å². The quantitative estimate of drug-likeness (QED) is 0.818. The number of benzene rings is 2. The van der Waals surface area contributed by atoms with Crippen LogP contribution in [0.3, 0.4) is 0 Å². The fraction of sp³-hybridized carbons (Fsp3) is 0.316. The third-order valence-corrected chi connectivity index (χ3v) is 4.08. The van der Waals surface area contributed by atoms with Crippen LogP contribution in [0.25, 0.3) is 0 Å². The van der Waals surface area contributed by atoms with Gasteiger partial charge in [0.05, 0.1) is 21.3 Å². The second kappa shape index (κ2) is 7.86. The number of methoxy groups -OCH3 is 3. The first-order chi connectivity index (χ1) is 12.7. The van der Waals surface area contributed by atoms with E-state index in [0.29, 0.717) is 47.3 Å². The highest BCUT2D eigenvalue weighted by Gasteiger charge is 2.17. The van der Waals surface area contributed by atoms with Crippen LogP contribution in [0.5, 0.6) is 28.7 Å². The summed E-state index contributed by atoms with van der Waals surface area (Å²) in [7, 11) is 4.74. The van der Waals surface area contributed by atoms with E-state index >= 15 is 0 Å². The molecular formula is C19H21NO6. The van der Waals surface area contributed by atoms with Crippen LogP contribution < -0.4 is 29.0 Å². The molecule has 0 aromatic heterocycles. The summed E-state index contributed by atoms with van der Waals surface area (Å²) in [5, 5.41) is 2.89. The number of ether oxygens (including phenoxy) is 5. The van der Waals surface area contributed by atoms with E-state index in [9.17, 15) is 4.79 Å². The molecule has 0 unspecified atom stereocenters. The molecular weight excluding hydrogens is 338 g/mol. The lowest BCUT2D eigenvalue weighted by Gasteiger charge is -2.15. The van der Waals surface area contributed by atoms with Gasteiger partial charge in [-0.05, 0) is 30.7 Å². The largest absolute Gasteiger partial charge is 0.497 e. The summed E-state index contributed by atoms with van der Waals surface area (Å²) in [5.74, 6) is 2.93. The molecule has 0 spiro atoms. The molecule has 0 saturated heterocycles. The van der Waals surface area contributed by atoms with Crippen molar-refractivity contribution >= 4 is 5.91 Å². The Bertz CT molecular complexity index is 805. The average Bonchev–Trinajstić information content (AvgIpc) is 3.14. The number of nitrogens with one attached hydrogen (secondary N) is 1. The van der Waals surface area contributed by atoms with Gasteiger partial charge >= 0.3 is 0 Å². The Hall–Kier alpha value is -3.09. The molecule has 2 aromatic carbocycles. The first kappa shape index (κ1) is 17.7. The van der Waals surface area contributed by atoms with Crippen LogP contribution in [0.1, 0.15) is 15.9 Å². The minimum Gasteiger partial charge on any atom is -0.497 e. The van der Waals surface area contributed by atoms with E-state index in [2.05, 4.69) is 5.32 Å². The lowest BCUT2D eigenvalue weighted by molar-refractivity contribution is 0.0953. The van der Waals surface area contributed by atoms with Gasteiger partial charge in [0.1, 0.15) is 5.75 Å². The number of carbonyl (C=O) groups is 1. The number of amides is 1. The molecule has 2 aromatic rings. The van der Waals surface area contributed by atoms with Crippen LogP contribution in [-0.4, -0.2) is 40.6 Å². The van der Waals surface area contributed by atoms with E-state index in [1.165, 1.54) is 0 Å². The Morgan fingerprint density at radius 1 is 1.04 bits per heavy atom. The molecule has 0 radical (unpaired) electrons. The predicted octanol–water partition coefficient (Wildman–Crippen LogP) is 2.41. The van der Waals surface area contributed by atoms with Gasteiger partial charge in [0.15, 0.2) is 23.0 Å². The van der Waals surface area contributed by atoms with Gasteiger partial charge < -0.3 is 29.0 Å². The van der Waals surface area contributed by atoms with Crippen molar-refractivity contribution in [2.45, 2.75) is 6.42 Å². The van der Waals surface area contributed by atoms with E-state index in [1.54, 1.807) is 45.6 Å². The fourth-order valence-electron chi connectivity index (χ4n) is 2.77. The molecule has 0 saturated carbocycles. The predicted molar refractivity (Wildman–Crippen MR) is 94.7 cm³/mol. The first-order valence-electron chi connectivity index (χ1n) is 8.13. The smallest absolute Gasteiger partial charge is 0.251 e. The summed E-state index contributed by atoms with van der Waals surface area (Å²) in [6.45, 7) is 0.609. The molecule has 3 rings (SSSR count). The molecule has 0 fully saturated rings. The van der Waals surface area contributed by atoms with Gasteiger partial charge in [-0.1, -0.05) is 0 Å². The molecule has 0 bridgehead atoms. The van der Waals surface area contributed by atoms with Crippen LogP contribution in [0.2, 0.25) is 0 Å². The highest BCUT2D eigenvalue weighted by molar-refractivity contribution is 5.94. The van der Waals surface area contributed by atoms with Crippen molar-refractivity contribution in [1.29, 1.82) is 0 Å². The number of fused-ring (bicyclic) bond motifs is 1. The number of rotatable bonds is 7. The van der Waals surface area contributed by atoms with E-state index in [1.807, 2.05) is 6.07 Å². The molecule has 1 N–H and O–H groups in total. The van der Waals surface area contributed by atoms with Crippen molar-refractivity contribution in [3.05, 3.63) is 41.5 Å². The van der Waals surface area contributed by atoms with Crippen molar-refractivity contribution in [3.63, 3.8) is 0 Å². The molecule has 26 heavy (non-hydrogen) atoms. The highest BCUT2D eigenvalue weighted by atomic mass is 16.7. The Balaban J connectivity index is 1.66. The fourth-order valence-corrected chi connectivity index (χ4v) is 2.77. The van der Waals surface area contributed by atoms with Gasteiger partial charge in [0.25, 0.3) is 5.91 Å². The highest BCUT2D eigenvalue weighted by Crippen LogP contribution is 2.36. The second-order valence-corrected chi connectivity index (χ2v) is 5.60. The zero-order valence-corrected chi connectivity index (χ0v) is 15.0. The standard InChI is InChI=1S/C19H21NO6/c1-22-14-8-12(18(24-3)17(10-14)23-2)6-7-20-19(21)13-4-5-15-16(9-13)26-11-25-15/h4-5,8-10H,6-7,11H2,1-3H3,(H,20,21). The third kappa shape index (κ3) is 3.61. The molecule has 0 atom stereocenters.